The molecule has 0 fully saturated rings. The number of aromatic nitrogens is 5. The molecule has 0 radical (unpaired) electrons. The average molecular weight is 818 g/mol. The van der Waals surface area contributed by atoms with E-state index < -0.39 is 0 Å². The van der Waals surface area contributed by atoms with Crippen LogP contribution in [0.3, 0.4) is 0 Å². The molecule has 0 aliphatic rings. The van der Waals surface area contributed by atoms with Crippen LogP contribution in [0, 0.1) is 0 Å². The Morgan fingerprint density at radius 1 is 0.344 bits per heavy atom. The van der Waals surface area contributed by atoms with Crippen molar-refractivity contribution < 1.29 is 4.42 Å². The summed E-state index contributed by atoms with van der Waals surface area (Å²) in [6.45, 7) is 0. The van der Waals surface area contributed by atoms with Crippen LogP contribution in [0.15, 0.2) is 217 Å². The fraction of sp³-hybridized carbons (Fsp3) is 0. The normalized spacial score (nSPS) is 12.1. The number of fused-ring (bicyclic) bond motifs is 12. The zero-order chi connectivity index (χ0) is 41.9. The number of furan rings is 1. The van der Waals surface area contributed by atoms with Gasteiger partial charge in [0, 0.05) is 60.3 Å². The van der Waals surface area contributed by atoms with Gasteiger partial charge in [-0.15, -0.1) is 0 Å². The van der Waals surface area contributed by atoms with Crippen LogP contribution in [0.1, 0.15) is 0 Å². The van der Waals surface area contributed by atoms with Gasteiger partial charge < -0.3 is 18.1 Å². The van der Waals surface area contributed by atoms with Crippen molar-refractivity contribution in [3.63, 3.8) is 0 Å². The maximum Gasteiger partial charge on any atom is 0.180 e. The van der Waals surface area contributed by atoms with Crippen molar-refractivity contribution in [3.05, 3.63) is 213 Å². The molecule has 5 heterocycles. The van der Waals surface area contributed by atoms with Crippen LogP contribution in [0.25, 0.3) is 127 Å². The molecule has 0 bridgehead atoms. The third-order valence-corrected chi connectivity index (χ3v) is 13.1. The minimum absolute atomic E-state index is 0.668. The van der Waals surface area contributed by atoms with E-state index >= 15 is 0 Å². The van der Waals surface area contributed by atoms with Crippen LogP contribution in [-0.4, -0.2) is 23.7 Å². The highest BCUT2D eigenvalue weighted by molar-refractivity contribution is 6.17. The first kappa shape index (κ1) is 34.9. The second-order valence-electron chi connectivity index (χ2n) is 16.6. The van der Waals surface area contributed by atoms with Gasteiger partial charge in [-0.1, -0.05) is 127 Å². The molecule has 64 heavy (non-hydrogen) atoms. The molecular weight excluding hydrogens is 783 g/mol. The lowest BCUT2D eigenvalue weighted by Gasteiger charge is -2.11. The van der Waals surface area contributed by atoms with E-state index in [4.69, 9.17) is 14.4 Å². The highest BCUT2D eigenvalue weighted by Gasteiger charge is 2.21. The van der Waals surface area contributed by atoms with Crippen molar-refractivity contribution in [2.45, 2.75) is 0 Å². The third-order valence-electron chi connectivity index (χ3n) is 13.1. The maximum absolute atomic E-state index is 6.66. The molecule has 14 rings (SSSR count). The predicted molar refractivity (Wildman–Crippen MR) is 263 cm³/mol. The van der Waals surface area contributed by atoms with Crippen molar-refractivity contribution in [3.8, 4) is 39.4 Å². The molecule has 0 N–H and O–H groups in total. The number of hydrogen-bond donors (Lipinski definition) is 0. The third kappa shape index (κ3) is 4.96. The van der Waals surface area contributed by atoms with E-state index in [1.165, 1.54) is 54.5 Å². The summed E-state index contributed by atoms with van der Waals surface area (Å²) in [6, 6.07) is 73.9. The van der Waals surface area contributed by atoms with Gasteiger partial charge >= 0.3 is 0 Å². The first-order chi connectivity index (χ1) is 31.8. The molecule has 0 atom stereocenters. The summed E-state index contributed by atoms with van der Waals surface area (Å²) in [5.74, 6) is 0. The molecule has 0 spiro atoms. The Kier molecular flexibility index (Phi) is 7.30. The van der Waals surface area contributed by atoms with E-state index in [0.717, 1.165) is 66.9 Å². The molecule has 0 unspecified atom stereocenters. The lowest BCUT2D eigenvalue weighted by Crippen LogP contribution is -1.95. The smallest absolute Gasteiger partial charge is 0.180 e. The molecule has 0 amide bonds. The van der Waals surface area contributed by atoms with Gasteiger partial charge in [-0.2, -0.15) is 0 Å². The standard InChI is InChI=1S/C58H35N5O/c1-2-15-38(16-3-1)61-48-23-8-6-20-44(48)45-30-28-36(33-53(45)61)41-22-13-27-52-55(41)46-21-7-11-26-51(46)63(52)39-17-12-14-37(32-39)56-58-57(60-35-59-56)47-34-40(29-31-54(47)64-58)62-49-24-9-4-18-42(49)43-19-5-10-25-50(43)62/h1-35H. The van der Waals surface area contributed by atoms with E-state index in [0.29, 0.717) is 5.58 Å². The number of rotatable bonds is 5. The highest BCUT2D eigenvalue weighted by Crippen LogP contribution is 2.42. The number of nitrogens with zero attached hydrogens (tertiary/aromatic N) is 5. The Morgan fingerprint density at radius 2 is 0.906 bits per heavy atom. The van der Waals surface area contributed by atoms with Crippen LogP contribution < -0.4 is 0 Å². The lowest BCUT2D eigenvalue weighted by molar-refractivity contribution is 0.667. The largest absolute Gasteiger partial charge is 0.452 e. The van der Waals surface area contributed by atoms with Gasteiger partial charge in [0.2, 0.25) is 0 Å². The van der Waals surface area contributed by atoms with Crippen LogP contribution in [0.5, 0.6) is 0 Å². The Labute approximate surface area is 366 Å². The Bertz CT molecular complexity index is 4150. The molecule has 6 nitrogen and oxygen atoms in total. The van der Waals surface area contributed by atoms with Gasteiger partial charge in [0.05, 0.1) is 33.1 Å². The molecule has 0 saturated heterocycles. The van der Waals surface area contributed by atoms with Crippen molar-refractivity contribution in [2.24, 2.45) is 0 Å². The Hall–Kier alpha value is -8.74. The van der Waals surface area contributed by atoms with Crippen LogP contribution in [0.2, 0.25) is 0 Å². The summed E-state index contributed by atoms with van der Waals surface area (Å²) in [7, 11) is 0. The van der Waals surface area contributed by atoms with Crippen molar-refractivity contribution >= 4 is 87.5 Å². The fourth-order valence-electron chi connectivity index (χ4n) is 10.4. The summed E-state index contributed by atoms with van der Waals surface area (Å²) >= 11 is 0. The Morgan fingerprint density at radius 3 is 1.64 bits per heavy atom. The zero-order valence-corrected chi connectivity index (χ0v) is 34.4. The summed E-state index contributed by atoms with van der Waals surface area (Å²) in [6.07, 6.45) is 1.66. The molecule has 298 valence electrons. The van der Waals surface area contributed by atoms with Crippen LogP contribution in [0.4, 0.5) is 0 Å². The molecular formula is C58H35N5O. The van der Waals surface area contributed by atoms with Gasteiger partial charge in [0.15, 0.2) is 5.58 Å². The highest BCUT2D eigenvalue weighted by atomic mass is 16.3. The van der Waals surface area contributed by atoms with Gasteiger partial charge in [-0.25, -0.2) is 9.97 Å². The first-order valence-corrected chi connectivity index (χ1v) is 21.6. The second kappa shape index (κ2) is 13.4. The van der Waals surface area contributed by atoms with E-state index in [1.54, 1.807) is 6.33 Å². The molecule has 0 aliphatic heterocycles. The monoisotopic (exact) mass is 817 g/mol. The average Bonchev–Trinajstić information content (AvgIpc) is 4.10. The summed E-state index contributed by atoms with van der Waals surface area (Å²) in [4.78, 5) is 9.70. The minimum Gasteiger partial charge on any atom is -0.452 e. The molecule has 6 heteroatoms. The SMILES string of the molecule is c1ccc(-n2c3ccccc3c3ccc(-c4cccc5c4c4ccccc4n5-c4cccc(-c5ncnc6c5oc5ccc(-n7c8ccccc8c8ccccc87)cc56)c4)cc32)cc1. The summed E-state index contributed by atoms with van der Waals surface area (Å²) < 4.78 is 13.8. The topological polar surface area (TPSA) is 53.7 Å². The number of para-hydroxylation sites is 5. The quantitative estimate of drug-likeness (QED) is 0.174. The van der Waals surface area contributed by atoms with Gasteiger partial charge in [-0.05, 0) is 90.0 Å². The molecule has 5 aromatic heterocycles. The molecule has 14 aromatic rings. The first-order valence-electron chi connectivity index (χ1n) is 21.6. The Balaban J connectivity index is 0.922. The maximum atomic E-state index is 6.66. The number of benzene rings is 9. The van der Waals surface area contributed by atoms with E-state index in [9.17, 15) is 0 Å². The number of hydrogen-bond acceptors (Lipinski definition) is 3. The van der Waals surface area contributed by atoms with Crippen molar-refractivity contribution in [2.75, 3.05) is 0 Å². The van der Waals surface area contributed by atoms with E-state index in [1.807, 2.05) is 0 Å². The fourth-order valence-corrected chi connectivity index (χ4v) is 10.4. The predicted octanol–water partition coefficient (Wildman–Crippen LogP) is 15.0. The van der Waals surface area contributed by atoms with Crippen LogP contribution >= 0.6 is 0 Å². The lowest BCUT2D eigenvalue weighted by atomic mass is 9.98. The second-order valence-corrected chi connectivity index (χ2v) is 16.6. The summed E-state index contributed by atoms with van der Waals surface area (Å²) in [5.41, 5.74) is 16.5. The van der Waals surface area contributed by atoms with Gasteiger partial charge in [0.1, 0.15) is 23.1 Å². The van der Waals surface area contributed by atoms with Gasteiger partial charge in [-0.3, -0.25) is 0 Å². The molecule has 9 aromatic carbocycles. The van der Waals surface area contributed by atoms with Crippen molar-refractivity contribution in [1.82, 2.24) is 23.7 Å². The van der Waals surface area contributed by atoms with Crippen molar-refractivity contribution in [1.29, 1.82) is 0 Å². The molecule has 0 aliphatic carbocycles. The van der Waals surface area contributed by atoms with Gasteiger partial charge in [0.25, 0.3) is 0 Å². The molecule has 0 saturated carbocycles. The summed E-state index contributed by atoms with van der Waals surface area (Å²) in [5, 5.41) is 8.30. The zero-order valence-electron chi connectivity index (χ0n) is 34.4. The minimum atomic E-state index is 0.668. The van der Waals surface area contributed by atoms with E-state index in [-0.39, 0.29) is 0 Å². The van der Waals surface area contributed by atoms with Crippen LogP contribution in [-0.2, 0) is 0 Å². The van der Waals surface area contributed by atoms with E-state index in [2.05, 4.69) is 220 Å².